The first kappa shape index (κ1) is 43.0. The molecule has 0 spiro atoms. The second-order valence-electron chi connectivity index (χ2n) is 16.5. The molecule has 340 valence electrons. The lowest BCUT2D eigenvalue weighted by Gasteiger charge is -2.36. The van der Waals surface area contributed by atoms with Crippen LogP contribution >= 0.6 is 11.3 Å². The Balaban J connectivity index is 1.01. The number of thiazole rings is 1. The quantitative estimate of drug-likeness (QED) is 0.109. The molecule has 3 aromatic carbocycles. The summed E-state index contributed by atoms with van der Waals surface area (Å²) in [6, 6.07) is 14.4. The van der Waals surface area contributed by atoms with Crippen molar-refractivity contribution in [2.75, 3.05) is 36.0 Å². The van der Waals surface area contributed by atoms with E-state index in [9.17, 15) is 35.9 Å². The number of piperazine rings is 1. The number of imidazole rings is 1. The molecule has 4 aromatic heterocycles. The van der Waals surface area contributed by atoms with E-state index in [0.29, 0.717) is 46.8 Å². The van der Waals surface area contributed by atoms with Gasteiger partial charge in [0.15, 0.2) is 16.5 Å². The summed E-state index contributed by atoms with van der Waals surface area (Å²) >= 11 is 1.29. The maximum atomic E-state index is 15.7. The molecular formula is C45H36F8N10O2S. The molecule has 2 fully saturated rings. The molecule has 0 unspecified atom stereocenters. The van der Waals surface area contributed by atoms with Crippen molar-refractivity contribution < 1.29 is 44.7 Å². The highest BCUT2D eigenvalue weighted by Gasteiger charge is 2.63. The van der Waals surface area contributed by atoms with Crippen molar-refractivity contribution in [3.63, 3.8) is 0 Å². The Morgan fingerprint density at radius 1 is 0.909 bits per heavy atom. The standard InChI is InChI=1S/C45H36F8N10O2S/c46-25-15-22(16-26(47)19-25)17-33(57-35(64)21-63-39-36(38(60-63)45(51,52)53)28-6-7-31(28)44(39,49)50)37-29(24-3-8-32(48)30(18-24)40(54)65)20-34-42(58-37)59-43(66-34)62-13-11-61(12-14-62)27-4-1-23(2-5-27)41-55-9-10-56-41/h1-5,8-10,15-16,18-20,28,31,33H,6-7,11-14,17,21H2,(H2,54,65)(H,55,56)(H,57,64)/t28-,31+,33-/m0/s1. The van der Waals surface area contributed by atoms with Crippen LogP contribution in [0.2, 0.25) is 0 Å². The largest absolute Gasteiger partial charge is 0.435 e. The van der Waals surface area contributed by atoms with Crippen molar-refractivity contribution >= 4 is 44.3 Å². The molecule has 2 aliphatic carbocycles. The maximum absolute atomic E-state index is 15.7. The highest BCUT2D eigenvalue weighted by Crippen LogP contribution is 2.64. The minimum atomic E-state index is -5.09. The van der Waals surface area contributed by atoms with Crippen LogP contribution < -0.4 is 20.9 Å². The number of hydrogen-bond donors (Lipinski definition) is 3. The summed E-state index contributed by atoms with van der Waals surface area (Å²) in [7, 11) is 0. The molecule has 0 bridgehead atoms. The lowest BCUT2D eigenvalue weighted by Crippen LogP contribution is -2.46. The van der Waals surface area contributed by atoms with Crippen LogP contribution in [-0.4, -0.2) is 67.7 Å². The van der Waals surface area contributed by atoms with Crippen LogP contribution in [0.3, 0.4) is 0 Å². The van der Waals surface area contributed by atoms with Gasteiger partial charge in [-0.25, -0.2) is 23.1 Å². The number of anilines is 2. The van der Waals surface area contributed by atoms with Crippen LogP contribution in [0.1, 0.15) is 63.4 Å². The number of hydrogen-bond acceptors (Lipinski definition) is 9. The average Bonchev–Trinajstić information content (AvgIpc) is 4.04. The van der Waals surface area contributed by atoms with Crippen LogP contribution in [0.15, 0.2) is 79.1 Å². The fraction of sp³-hybridized carbons (Fsp3) is 0.289. The molecule has 1 saturated heterocycles. The fourth-order valence-corrected chi connectivity index (χ4v) is 10.3. The van der Waals surface area contributed by atoms with Gasteiger partial charge in [-0.1, -0.05) is 17.4 Å². The number of alkyl halides is 5. The Morgan fingerprint density at radius 3 is 2.27 bits per heavy atom. The van der Waals surface area contributed by atoms with Crippen molar-refractivity contribution in [3.8, 4) is 22.5 Å². The first-order valence-electron chi connectivity index (χ1n) is 20.8. The third kappa shape index (κ3) is 7.77. The second-order valence-corrected chi connectivity index (χ2v) is 17.5. The van der Waals surface area contributed by atoms with Gasteiger partial charge in [0.05, 0.1) is 22.0 Å². The summed E-state index contributed by atoms with van der Waals surface area (Å²) in [6.45, 7) is 1.33. The molecule has 0 radical (unpaired) electrons. The molecule has 7 aromatic rings. The van der Waals surface area contributed by atoms with Gasteiger partial charge in [0.1, 0.15) is 35.5 Å². The number of amides is 2. The number of nitrogens with two attached hydrogens (primary N) is 1. The SMILES string of the molecule is NC(=O)c1cc(-c2cc3sc(N4CCN(c5ccc(-c6ncc[nH]6)cc5)CC4)nc3nc2[C@H](Cc2cc(F)cc(F)c2)NC(=O)Cn2nc(C(F)(F)F)c3c2C(F)(F)[C@@H]2CC[C@H]32)ccc1F. The van der Waals surface area contributed by atoms with E-state index in [4.69, 9.17) is 15.7 Å². The predicted molar refractivity (Wildman–Crippen MR) is 227 cm³/mol. The van der Waals surface area contributed by atoms with Crippen molar-refractivity contribution in [3.05, 3.63) is 130 Å². The van der Waals surface area contributed by atoms with E-state index in [-0.39, 0.29) is 47.3 Å². The number of carbonyl (C=O) groups is 2. The zero-order chi connectivity index (χ0) is 46.2. The van der Waals surface area contributed by atoms with Crippen molar-refractivity contribution in [1.29, 1.82) is 0 Å². The van der Waals surface area contributed by atoms with Crippen molar-refractivity contribution in [2.45, 2.75) is 49.9 Å². The van der Waals surface area contributed by atoms with Crippen LogP contribution in [0, 0.1) is 23.4 Å². The first-order valence-corrected chi connectivity index (χ1v) is 21.6. The Labute approximate surface area is 373 Å². The third-order valence-electron chi connectivity index (χ3n) is 12.5. The third-order valence-corrected chi connectivity index (χ3v) is 13.6. The Kier molecular flexibility index (Phi) is 10.6. The zero-order valence-corrected chi connectivity index (χ0v) is 35.2. The van der Waals surface area contributed by atoms with Gasteiger partial charge >= 0.3 is 6.18 Å². The number of primary amides is 1. The molecule has 4 N–H and O–H groups in total. The number of benzene rings is 3. The Bertz CT molecular complexity index is 3000. The van der Waals surface area contributed by atoms with Gasteiger partial charge in [-0.3, -0.25) is 14.3 Å². The number of pyridine rings is 1. The van der Waals surface area contributed by atoms with Crippen LogP contribution in [0.5, 0.6) is 0 Å². The van der Waals surface area contributed by atoms with E-state index in [2.05, 4.69) is 30.2 Å². The minimum Gasteiger partial charge on any atom is -0.368 e. The Morgan fingerprint density at radius 2 is 1.62 bits per heavy atom. The molecule has 2 amide bonds. The van der Waals surface area contributed by atoms with E-state index >= 15 is 8.78 Å². The van der Waals surface area contributed by atoms with Gasteiger partial charge in [-0.05, 0) is 90.9 Å². The minimum absolute atomic E-state index is 0.00347. The zero-order valence-electron chi connectivity index (χ0n) is 34.4. The topological polar surface area (TPSA) is 151 Å². The smallest absolute Gasteiger partial charge is 0.368 e. The molecule has 3 atom stereocenters. The molecule has 1 saturated carbocycles. The van der Waals surface area contributed by atoms with Gasteiger partial charge in [0.2, 0.25) is 5.91 Å². The van der Waals surface area contributed by atoms with E-state index in [1.54, 1.807) is 18.5 Å². The summed E-state index contributed by atoms with van der Waals surface area (Å²) in [5.74, 6) is -10.4. The number of nitrogens with zero attached hydrogens (tertiary/aromatic N) is 7. The van der Waals surface area contributed by atoms with E-state index in [1.165, 1.54) is 23.5 Å². The lowest BCUT2D eigenvalue weighted by atomic mass is 9.73. The maximum Gasteiger partial charge on any atom is 0.435 e. The van der Waals surface area contributed by atoms with Crippen LogP contribution in [-0.2, 0) is 29.9 Å². The normalized spacial score (nSPS) is 18.2. The van der Waals surface area contributed by atoms with Crippen LogP contribution in [0.4, 0.5) is 45.9 Å². The molecule has 10 rings (SSSR count). The number of aromatic nitrogens is 6. The number of aromatic amines is 1. The second kappa shape index (κ2) is 16.2. The number of nitrogens with one attached hydrogen (secondary N) is 2. The fourth-order valence-electron chi connectivity index (χ4n) is 9.30. The van der Waals surface area contributed by atoms with Gasteiger partial charge in [0.25, 0.3) is 11.8 Å². The average molecular weight is 933 g/mol. The molecule has 12 nitrogen and oxygen atoms in total. The highest BCUT2D eigenvalue weighted by atomic mass is 32.1. The summed E-state index contributed by atoms with van der Waals surface area (Å²) < 4.78 is 119. The first-order chi connectivity index (χ1) is 31.5. The molecule has 21 heteroatoms. The summed E-state index contributed by atoms with van der Waals surface area (Å²) in [6.07, 6.45) is -1.94. The van der Waals surface area contributed by atoms with Gasteiger partial charge < -0.3 is 25.8 Å². The molecular weight excluding hydrogens is 897 g/mol. The summed E-state index contributed by atoms with van der Waals surface area (Å²) in [4.78, 5) is 47.8. The number of rotatable bonds is 11. The van der Waals surface area contributed by atoms with Gasteiger partial charge in [-0.2, -0.15) is 32.0 Å². The molecule has 3 aliphatic rings. The highest BCUT2D eigenvalue weighted by molar-refractivity contribution is 7.22. The molecule has 66 heavy (non-hydrogen) atoms. The number of carbonyl (C=O) groups excluding carboxylic acids is 2. The van der Waals surface area contributed by atoms with Crippen molar-refractivity contribution in [1.82, 2.24) is 35.0 Å². The van der Waals surface area contributed by atoms with E-state index < -0.39 is 88.3 Å². The lowest BCUT2D eigenvalue weighted by molar-refractivity contribution is -0.144. The molecule has 5 heterocycles. The van der Waals surface area contributed by atoms with Crippen molar-refractivity contribution in [2.24, 2.45) is 11.7 Å². The predicted octanol–water partition coefficient (Wildman–Crippen LogP) is 8.51. The molecule has 1 aliphatic heterocycles. The summed E-state index contributed by atoms with van der Waals surface area (Å²) in [5.41, 5.74) is 4.48. The van der Waals surface area contributed by atoms with Gasteiger partial charge in [-0.15, -0.1) is 0 Å². The van der Waals surface area contributed by atoms with E-state index in [0.717, 1.165) is 35.3 Å². The summed E-state index contributed by atoms with van der Waals surface area (Å²) in [5, 5.41) is 6.74. The Hall–Kier alpha value is -6.90. The monoisotopic (exact) mass is 932 g/mol. The number of fused-ring (bicyclic) bond motifs is 4. The number of halogens is 8. The number of H-pyrrole nitrogens is 1. The van der Waals surface area contributed by atoms with Crippen LogP contribution in [0.25, 0.3) is 32.9 Å². The van der Waals surface area contributed by atoms with Gasteiger partial charge in [0, 0.05) is 72.9 Å². The van der Waals surface area contributed by atoms with E-state index in [1.807, 2.05) is 24.3 Å².